The van der Waals surface area contributed by atoms with Crippen molar-refractivity contribution >= 4 is 88.3 Å². The summed E-state index contributed by atoms with van der Waals surface area (Å²) in [6.07, 6.45) is 4.22. The maximum absolute atomic E-state index is 4.28. The van der Waals surface area contributed by atoms with Gasteiger partial charge in [0.25, 0.3) is 0 Å². The molecule has 48 heavy (non-hydrogen) atoms. The van der Waals surface area contributed by atoms with E-state index >= 15 is 0 Å². The largest absolute Gasteiger partial charge is 0.503 e. The molecule has 6 aliphatic rings. The Morgan fingerprint density at radius 1 is 0.479 bits per heavy atom. The molecule has 0 bridgehead atoms. The average Bonchev–Trinajstić information content (AvgIpc) is 3.65. The monoisotopic (exact) mass is 612 g/mol. The number of hydrogen-bond donors (Lipinski definition) is 0. The number of para-hydroxylation sites is 4. The van der Waals surface area contributed by atoms with Crippen LogP contribution in [0.3, 0.4) is 0 Å². The molecule has 6 aromatic rings. The molecule has 0 amide bonds. The standard InChI is InChI=1S/C39H27B3N6/c1-3-12-36-39-25(2)43-32-21-8-13-26-14-9-22-33(37(26)32)44-28-17-4-6-19-30(28)47(41(43)44)40(39)48-31-20-7-5-18-29(31)45-34-23-10-15-27-16-11-24-35(38(27)34)46(36)42(45)48/h3-24H,1H2,2H3/b36-12+. The molecule has 0 aliphatic carbocycles. The molecule has 0 unspecified atom stereocenters. The van der Waals surface area contributed by atoms with Crippen molar-refractivity contribution in [1.29, 1.82) is 0 Å². The molecule has 6 heterocycles. The molecule has 0 saturated carbocycles. The Morgan fingerprint density at radius 2 is 0.896 bits per heavy atom. The Balaban J connectivity index is 1.24. The lowest BCUT2D eigenvalue weighted by Crippen LogP contribution is -2.79. The average molecular weight is 612 g/mol. The summed E-state index contributed by atoms with van der Waals surface area (Å²) < 4.78 is 5.37. The van der Waals surface area contributed by atoms with Crippen molar-refractivity contribution in [2.45, 2.75) is 6.92 Å². The van der Waals surface area contributed by atoms with Crippen molar-refractivity contribution in [2.24, 2.45) is 0 Å². The highest BCUT2D eigenvalue weighted by Crippen LogP contribution is 2.60. The van der Waals surface area contributed by atoms with Crippen LogP contribution in [-0.4, -0.2) is 21.2 Å². The van der Waals surface area contributed by atoms with Crippen LogP contribution in [0, 0.1) is 0 Å². The van der Waals surface area contributed by atoms with Crippen molar-refractivity contribution in [3.8, 4) is 0 Å². The smallest absolute Gasteiger partial charge is 0.397 e. The van der Waals surface area contributed by atoms with Crippen LogP contribution in [0.5, 0.6) is 0 Å². The van der Waals surface area contributed by atoms with E-state index in [2.05, 4.69) is 170 Å². The van der Waals surface area contributed by atoms with Crippen LogP contribution in [-0.2, 0) is 0 Å². The van der Waals surface area contributed by atoms with Gasteiger partial charge in [0.1, 0.15) is 0 Å². The number of allylic oxidation sites excluding steroid dienone is 4. The number of rotatable bonds is 1. The summed E-state index contributed by atoms with van der Waals surface area (Å²) in [6, 6.07) is 45.0. The van der Waals surface area contributed by atoms with Crippen LogP contribution < -0.4 is 28.7 Å². The third-order valence-corrected chi connectivity index (χ3v) is 11.4. The Bertz CT molecular complexity index is 2540. The number of benzene rings is 6. The zero-order valence-electron chi connectivity index (χ0n) is 26.3. The normalized spacial score (nSPS) is 18.2. The molecule has 9 heteroatoms. The first kappa shape index (κ1) is 25.2. The molecule has 6 aliphatic heterocycles. The molecule has 12 rings (SSSR count). The van der Waals surface area contributed by atoms with Crippen molar-refractivity contribution in [1.82, 2.24) is 0 Å². The molecular formula is C39H27B3N6. The number of fused-ring (bicyclic) bond motifs is 13. The van der Waals surface area contributed by atoms with Gasteiger partial charge in [0.05, 0.1) is 11.4 Å². The van der Waals surface area contributed by atoms with E-state index in [1.54, 1.807) is 0 Å². The summed E-state index contributed by atoms with van der Waals surface area (Å²) in [5, 5.41) is 5.08. The zero-order valence-corrected chi connectivity index (χ0v) is 26.3. The van der Waals surface area contributed by atoms with Gasteiger partial charge in [-0.1, -0.05) is 85.5 Å². The van der Waals surface area contributed by atoms with Crippen molar-refractivity contribution in [3.05, 3.63) is 157 Å². The van der Waals surface area contributed by atoms with Gasteiger partial charge in [0.15, 0.2) is 0 Å². The molecule has 0 atom stereocenters. The van der Waals surface area contributed by atoms with Gasteiger partial charge >= 0.3 is 21.2 Å². The summed E-state index contributed by atoms with van der Waals surface area (Å²) in [7, 11) is -0.156. The van der Waals surface area contributed by atoms with E-state index in [-0.39, 0.29) is 21.2 Å². The van der Waals surface area contributed by atoms with Crippen LogP contribution in [0.25, 0.3) is 21.5 Å². The fourth-order valence-electron chi connectivity index (χ4n) is 9.74. The Kier molecular flexibility index (Phi) is 4.46. The molecule has 222 valence electrons. The molecular weight excluding hydrogens is 585 g/mol. The third-order valence-electron chi connectivity index (χ3n) is 11.4. The van der Waals surface area contributed by atoms with Gasteiger partial charge in [0.2, 0.25) is 0 Å². The summed E-state index contributed by atoms with van der Waals surface area (Å²) in [6.45, 7) is 6.54. The molecule has 6 aromatic carbocycles. The molecule has 1 fully saturated rings. The first-order chi connectivity index (χ1) is 23.8. The molecule has 6 nitrogen and oxygen atoms in total. The predicted molar refractivity (Wildman–Crippen MR) is 203 cm³/mol. The van der Waals surface area contributed by atoms with Crippen LogP contribution in [0.4, 0.5) is 45.5 Å². The van der Waals surface area contributed by atoms with Crippen LogP contribution in [0.2, 0.25) is 0 Å². The molecule has 0 N–H and O–H groups in total. The molecule has 0 spiro atoms. The molecule has 1 saturated heterocycles. The molecule has 0 aromatic heterocycles. The highest BCUT2D eigenvalue weighted by molar-refractivity contribution is 7.05. The Morgan fingerprint density at radius 3 is 1.40 bits per heavy atom. The predicted octanol–water partition coefficient (Wildman–Crippen LogP) is 8.62. The Hall–Kier alpha value is -5.95. The van der Waals surface area contributed by atoms with E-state index in [0.717, 1.165) is 0 Å². The van der Waals surface area contributed by atoms with Gasteiger partial charge in [-0.05, 0) is 72.3 Å². The highest BCUT2D eigenvalue weighted by atomic mass is 15.5. The first-order valence-electron chi connectivity index (χ1n) is 16.8. The van der Waals surface area contributed by atoms with E-state index in [0.29, 0.717) is 0 Å². The summed E-state index contributed by atoms with van der Waals surface area (Å²) in [5.74, 6) is 0. The van der Waals surface area contributed by atoms with E-state index in [1.165, 1.54) is 83.9 Å². The second-order valence-corrected chi connectivity index (χ2v) is 13.4. The van der Waals surface area contributed by atoms with Crippen molar-refractivity contribution in [3.63, 3.8) is 0 Å². The van der Waals surface area contributed by atoms with E-state index in [4.69, 9.17) is 0 Å². The van der Waals surface area contributed by atoms with Gasteiger partial charge in [0, 0.05) is 61.8 Å². The quantitative estimate of drug-likeness (QED) is 0.172. The SMILES string of the molecule is C=C/C=C1\C2=C(C)N3B4N(B2N2B5N1c1cccc6cccc(c16)N5c1ccccc12)c1ccccc1N4c1cccc2cccc3c12. The lowest BCUT2D eigenvalue weighted by molar-refractivity contribution is 1.08. The van der Waals surface area contributed by atoms with E-state index < -0.39 is 0 Å². The van der Waals surface area contributed by atoms with Gasteiger partial charge in [-0.3, -0.25) is 0 Å². The number of nitrogens with zero attached hydrogens (tertiary/aromatic N) is 6. The van der Waals surface area contributed by atoms with E-state index in [9.17, 15) is 0 Å². The topological polar surface area (TPSA) is 19.4 Å². The van der Waals surface area contributed by atoms with Crippen LogP contribution >= 0.6 is 0 Å². The summed E-state index contributed by atoms with van der Waals surface area (Å²) >= 11 is 0. The molecule has 0 radical (unpaired) electrons. The van der Waals surface area contributed by atoms with E-state index in [1.807, 2.05) is 6.08 Å². The van der Waals surface area contributed by atoms with Gasteiger partial charge < -0.3 is 28.7 Å². The lowest BCUT2D eigenvalue weighted by Gasteiger charge is -2.57. The van der Waals surface area contributed by atoms with Crippen LogP contribution in [0.15, 0.2) is 157 Å². The second kappa shape index (κ2) is 8.50. The van der Waals surface area contributed by atoms with Crippen molar-refractivity contribution < 1.29 is 0 Å². The number of hydrogen-bond acceptors (Lipinski definition) is 6. The maximum Gasteiger partial charge on any atom is 0.503 e. The third kappa shape index (κ3) is 2.68. The van der Waals surface area contributed by atoms with Crippen LogP contribution in [0.1, 0.15) is 6.92 Å². The minimum atomic E-state index is -0.0947. The maximum atomic E-state index is 4.28. The number of anilines is 8. The lowest BCUT2D eigenvalue weighted by atomic mass is 9.45. The van der Waals surface area contributed by atoms with Gasteiger partial charge in [-0.2, -0.15) is 0 Å². The minimum absolute atomic E-state index is 0.0614. The fourth-order valence-corrected chi connectivity index (χ4v) is 9.74. The fraction of sp³-hybridized carbons (Fsp3) is 0.0256. The first-order valence-corrected chi connectivity index (χ1v) is 16.8. The Labute approximate surface area is 280 Å². The van der Waals surface area contributed by atoms with Gasteiger partial charge in [-0.15, -0.1) is 0 Å². The summed E-state index contributed by atoms with van der Waals surface area (Å²) in [4.78, 5) is 10.3. The summed E-state index contributed by atoms with van der Waals surface area (Å²) in [5.41, 5.74) is 13.7. The minimum Gasteiger partial charge on any atom is -0.397 e. The zero-order chi connectivity index (χ0) is 31.4. The van der Waals surface area contributed by atoms with Crippen molar-refractivity contribution in [2.75, 3.05) is 28.7 Å². The second-order valence-electron chi connectivity index (χ2n) is 13.4. The van der Waals surface area contributed by atoms with Gasteiger partial charge in [-0.25, -0.2) is 0 Å². The highest BCUT2D eigenvalue weighted by Gasteiger charge is 2.67.